The first kappa shape index (κ1) is 15.6. The summed E-state index contributed by atoms with van der Waals surface area (Å²) in [5.74, 6) is 1.06. The van der Waals surface area contributed by atoms with E-state index >= 15 is 0 Å². The van der Waals surface area contributed by atoms with Gasteiger partial charge in [-0.15, -0.1) is 0 Å². The van der Waals surface area contributed by atoms with Crippen LogP contribution in [0.15, 0.2) is 57.9 Å². The van der Waals surface area contributed by atoms with Gasteiger partial charge in [0, 0.05) is 23.1 Å². The summed E-state index contributed by atoms with van der Waals surface area (Å²) in [6.45, 7) is 0.408. The number of aliphatic imine (C=N–C) groups is 1. The van der Waals surface area contributed by atoms with Crippen molar-refractivity contribution in [2.45, 2.75) is 6.61 Å². The van der Waals surface area contributed by atoms with Crippen LogP contribution in [-0.4, -0.2) is 18.2 Å². The molecule has 0 bridgehead atoms. The van der Waals surface area contributed by atoms with E-state index in [0.29, 0.717) is 23.2 Å². The highest BCUT2D eigenvalue weighted by atomic mass is 35.5. The Hall–Kier alpha value is -2.34. The van der Waals surface area contributed by atoms with Gasteiger partial charge < -0.3 is 9.15 Å². The summed E-state index contributed by atoms with van der Waals surface area (Å²) in [6.07, 6.45) is 0. The first-order valence-electron chi connectivity index (χ1n) is 6.96. The van der Waals surface area contributed by atoms with Crippen molar-refractivity contribution in [1.29, 1.82) is 0 Å². The highest BCUT2D eigenvalue weighted by Gasteiger charge is 2.08. The standard InChI is InChI=1S/C17H15ClN2O3/c1-22-10-15-8-12-7-11(5-6-16(12)23-15)17(20-21)19-14-4-2-3-13(18)9-14/h2-9,21H,10H2,1H3,(H,19,20). The number of nitrogens with one attached hydrogen (secondary N) is 1. The van der Waals surface area contributed by atoms with Gasteiger partial charge in [0.15, 0.2) is 5.84 Å². The van der Waals surface area contributed by atoms with Crippen LogP contribution in [0.5, 0.6) is 0 Å². The van der Waals surface area contributed by atoms with Crippen LogP contribution in [0, 0.1) is 0 Å². The molecule has 3 rings (SSSR count). The minimum atomic E-state index is 0.323. The molecule has 0 aliphatic heterocycles. The molecule has 0 saturated carbocycles. The normalized spacial score (nSPS) is 11.9. The minimum absolute atomic E-state index is 0.323. The lowest BCUT2D eigenvalue weighted by atomic mass is 10.1. The average molecular weight is 331 g/mol. The highest BCUT2D eigenvalue weighted by Crippen LogP contribution is 2.23. The summed E-state index contributed by atoms with van der Waals surface area (Å²) in [4.78, 5) is 4.37. The van der Waals surface area contributed by atoms with Gasteiger partial charge in [0.1, 0.15) is 18.0 Å². The van der Waals surface area contributed by atoms with Gasteiger partial charge in [-0.2, -0.15) is 0 Å². The van der Waals surface area contributed by atoms with E-state index in [1.165, 1.54) is 0 Å². The van der Waals surface area contributed by atoms with Crippen molar-refractivity contribution >= 4 is 34.1 Å². The van der Waals surface area contributed by atoms with Gasteiger partial charge in [0.25, 0.3) is 0 Å². The first-order valence-corrected chi connectivity index (χ1v) is 7.33. The molecular weight excluding hydrogens is 316 g/mol. The zero-order chi connectivity index (χ0) is 16.2. The monoisotopic (exact) mass is 330 g/mol. The molecule has 2 aromatic carbocycles. The van der Waals surface area contributed by atoms with Crippen molar-refractivity contribution in [3.05, 3.63) is 64.9 Å². The Morgan fingerprint density at radius 2 is 2.13 bits per heavy atom. The molecular formula is C17H15ClN2O3. The van der Waals surface area contributed by atoms with E-state index < -0.39 is 0 Å². The van der Waals surface area contributed by atoms with Crippen molar-refractivity contribution in [1.82, 2.24) is 5.48 Å². The first-order chi connectivity index (χ1) is 11.2. The van der Waals surface area contributed by atoms with Gasteiger partial charge in [-0.25, -0.2) is 4.99 Å². The summed E-state index contributed by atoms with van der Waals surface area (Å²) < 4.78 is 10.7. The van der Waals surface area contributed by atoms with Crippen molar-refractivity contribution in [2.24, 2.45) is 4.99 Å². The largest absolute Gasteiger partial charge is 0.459 e. The number of ether oxygens (including phenoxy) is 1. The summed E-state index contributed by atoms with van der Waals surface area (Å²) in [6, 6.07) is 14.5. The summed E-state index contributed by atoms with van der Waals surface area (Å²) in [5.41, 5.74) is 4.25. The Morgan fingerprint density at radius 3 is 2.87 bits per heavy atom. The van der Waals surface area contributed by atoms with Crippen molar-refractivity contribution < 1.29 is 14.4 Å². The topological polar surface area (TPSA) is 67.0 Å². The van der Waals surface area contributed by atoms with Gasteiger partial charge in [-0.1, -0.05) is 17.7 Å². The van der Waals surface area contributed by atoms with E-state index in [0.717, 1.165) is 22.3 Å². The van der Waals surface area contributed by atoms with Crippen LogP contribution in [0.25, 0.3) is 11.0 Å². The van der Waals surface area contributed by atoms with E-state index in [1.54, 1.807) is 31.4 Å². The zero-order valence-electron chi connectivity index (χ0n) is 12.4. The number of methoxy groups -OCH3 is 1. The molecule has 0 amide bonds. The minimum Gasteiger partial charge on any atom is -0.459 e. The van der Waals surface area contributed by atoms with Crippen molar-refractivity contribution in [2.75, 3.05) is 7.11 Å². The third kappa shape index (κ3) is 3.53. The van der Waals surface area contributed by atoms with Crippen LogP contribution < -0.4 is 5.48 Å². The van der Waals surface area contributed by atoms with Crippen LogP contribution in [0.2, 0.25) is 5.02 Å². The van der Waals surface area contributed by atoms with E-state index in [4.69, 9.17) is 20.8 Å². The van der Waals surface area contributed by atoms with Gasteiger partial charge in [0.05, 0.1) is 5.69 Å². The lowest BCUT2D eigenvalue weighted by Crippen LogP contribution is -2.19. The Labute approximate surface area is 138 Å². The maximum absolute atomic E-state index is 9.41. The smallest absolute Gasteiger partial charge is 0.157 e. The number of amidine groups is 1. The number of hydrogen-bond donors (Lipinski definition) is 2. The van der Waals surface area contributed by atoms with Crippen LogP contribution in [0.4, 0.5) is 5.69 Å². The fourth-order valence-electron chi connectivity index (χ4n) is 2.29. The number of rotatable bonds is 4. The molecule has 0 spiro atoms. The number of furan rings is 1. The zero-order valence-corrected chi connectivity index (χ0v) is 13.2. The molecule has 5 nitrogen and oxygen atoms in total. The van der Waals surface area contributed by atoms with E-state index in [9.17, 15) is 5.21 Å². The molecule has 1 aromatic heterocycles. The number of halogens is 1. The van der Waals surface area contributed by atoms with Crippen LogP contribution in [0.1, 0.15) is 11.3 Å². The predicted molar refractivity (Wildman–Crippen MR) is 89.5 cm³/mol. The SMILES string of the molecule is COCc1cc2cc(C(=Nc3cccc(Cl)c3)NO)ccc2o1. The second kappa shape index (κ2) is 6.83. The van der Waals surface area contributed by atoms with Crippen molar-refractivity contribution in [3.8, 4) is 0 Å². The second-order valence-corrected chi connectivity index (χ2v) is 5.39. The Morgan fingerprint density at radius 1 is 1.26 bits per heavy atom. The highest BCUT2D eigenvalue weighted by molar-refractivity contribution is 6.30. The van der Waals surface area contributed by atoms with E-state index in [2.05, 4.69) is 10.5 Å². The number of benzene rings is 2. The molecule has 6 heteroatoms. The molecule has 2 N–H and O–H groups in total. The molecule has 1 heterocycles. The maximum Gasteiger partial charge on any atom is 0.157 e. The maximum atomic E-state index is 9.41. The summed E-state index contributed by atoms with van der Waals surface area (Å²) >= 11 is 5.95. The Kier molecular flexibility index (Phi) is 4.62. The lowest BCUT2D eigenvalue weighted by molar-refractivity contribution is 0.166. The molecule has 3 aromatic rings. The van der Waals surface area contributed by atoms with Gasteiger partial charge >= 0.3 is 0 Å². The number of nitrogens with zero attached hydrogens (tertiary/aromatic N) is 1. The fraction of sp³-hybridized carbons (Fsp3) is 0.118. The molecule has 0 fully saturated rings. The molecule has 0 radical (unpaired) electrons. The third-order valence-corrected chi connectivity index (χ3v) is 3.52. The lowest BCUT2D eigenvalue weighted by Gasteiger charge is -2.05. The number of hydroxylamine groups is 1. The molecule has 118 valence electrons. The third-order valence-electron chi connectivity index (χ3n) is 3.28. The Bertz CT molecular complexity index is 858. The quantitative estimate of drug-likeness (QED) is 0.425. The molecule has 0 aliphatic carbocycles. The van der Waals surface area contributed by atoms with Gasteiger partial charge in [-0.05, 0) is 42.5 Å². The van der Waals surface area contributed by atoms with Crippen molar-refractivity contribution in [3.63, 3.8) is 0 Å². The molecule has 0 unspecified atom stereocenters. The second-order valence-electron chi connectivity index (χ2n) is 4.95. The molecule has 0 aliphatic rings. The van der Waals surface area contributed by atoms with Crippen LogP contribution >= 0.6 is 11.6 Å². The summed E-state index contributed by atoms with van der Waals surface area (Å²) in [5, 5.41) is 10.9. The van der Waals surface area contributed by atoms with Gasteiger partial charge in [0.2, 0.25) is 0 Å². The molecule has 23 heavy (non-hydrogen) atoms. The predicted octanol–water partition coefficient (Wildman–Crippen LogP) is 4.29. The molecule has 0 saturated heterocycles. The average Bonchev–Trinajstić information content (AvgIpc) is 2.94. The number of hydrogen-bond acceptors (Lipinski definition) is 4. The van der Waals surface area contributed by atoms with Crippen LogP contribution in [-0.2, 0) is 11.3 Å². The Balaban J connectivity index is 1.99. The number of fused-ring (bicyclic) bond motifs is 1. The van der Waals surface area contributed by atoms with E-state index in [-0.39, 0.29) is 0 Å². The van der Waals surface area contributed by atoms with Crippen LogP contribution in [0.3, 0.4) is 0 Å². The van der Waals surface area contributed by atoms with Gasteiger partial charge in [-0.3, -0.25) is 10.7 Å². The summed E-state index contributed by atoms with van der Waals surface area (Å²) in [7, 11) is 1.62. The fourth-order valence-corrected chi connectivity index (χ4v) is 2.47. The van der Waals surface area contributed by atoms with E-state index in [1.807, 2.05) is 24.3 Å². The molecule has 0 atom stereocenters.